The van der Waals surface area contributed by atoms with Gasteiger partial charge in [0.2, 0.25) is 53.2 Å². The van der Waals surface area contributed by atoms with E-state index in [4.69, 9.17) is 40.3 Å². The molecular formula is C54H88ClN17O13. The quantitative estimate of drug-likeness (QED) is 0.0278. The summed E-state index contributed by atoms with van der Waals surface area (Å²) in [5.74, 6) is -8.56. The van der Waals surface area contributed by atoms with Crippen molar-refractivity contribution in [3.63, 3.8) is 0 Å². The molecule has 85 heavy (non-hydrogen) atoms. The van der Waals surface area contributed by atoms with Crippen molar-refractivity contribution in [2.75, 3.05) is 51.6 Å². The van der Waals surface area contributed by atoms with Crippen LogP contribution in [0.15, 0.2) is 54.6 Å². The molecule has 0 heterocycles. The maximum atomic E-state index is 14.5. The Morgan fingerprint density at radius 1 is 0.471 bits per heavy atom. The number of aldehydes is 1. The van der Waals surface area contributed by atoms with Crippen LogP contribution in [0.25, 0.3) is 0 Å². The Morgan fingerprint density at radius 3 is 1.28 bits per heavy atom. The topological polar surface area (TPSA) is 503 Å². The molecule has 2 aromatic rings. The lowest BCUT2D eigenvalue weighted by Gasteiger charge is -2.29. The molecule has 12 atom stereocenters. The molecular weight excluding hydrogens is 1130 g/mol. The molecule has 474 valence electrons. The van der Waals surface area contributed by atoms with E-state index in [1.165, 1.54) is 33.0 Å². The molecule has 2 rings (SSSR count). The van der Waals surface area contributed by atoms with E-state index in [9.17, 15) is 63.0 Å². The van der Waals surface area contributed by atoms with Crippen LogP contribution in [0.1, 0.15) is 71.8 Å². The smallest absolute Gasteiger partial charge is 0.319 e. The number of rotatable bonds is 39. The minimum absolute atomic E-state index is 0.0494. The maximum absolute atomic E-state index is 14.5. The van der Waals surface area contributed by atoms with Gasteiger partial charge in [-0.2, -0.15) is 0 Å². The van der Waals surface area contributed by atoms with Crippen molar-refractivity contribution >= 4 is 82.8 Å². The highest BCUT2D eigenvalue weighted by Crippen LogP contribution is 2.20. The first kappa shape index (κ1) is 73.7. The lowest BCUT2D eigenvalue weighted by atomic mass is 10.0. The summed E-state index contributed by atoms with van der Waals surface area (Å²) in [6.07, 6.45) is -3.66. The molecule has 0 radical (unpaired) electrons. The van der Waals surface area contributed by atoms with E-state index >= 15 is 0 Å². The zero-order chi connectivity index (χ0) is 63.8. The van der Waals surface area contributed by atoms with Crippen molar-refractivity contribution in [3.8, 4) is 0 Å². The number of urea groups is 1. The molecule has 0 fully saturated rings. The maximum Gasteiger partial charge on any atom is 0.319 e. The number of likely N-dealkylation sites (N-methyl/N-ethyl adjacent to an activating group) is 1. The molecule has 24 N–H and O–H groups in total. The highest BCUT2D eigenvalue weighted by molar-refractivity contribution is 6.33. The minimum Gasteiger partial charge on any atom is -0.391 e. The Morgan fingerprint density at radius 2 is 0.847 bits per heavy atom. The van der Waals surface area contributed by atoms with Crippen LogP contribution in [-0.2, 0) is 54.4 Å². The van der Waals surface area contributed by atoms with Crippen LogP contribution in [0.3, 0.4) is 0 Å². The van der Waals surface area contributed by atoms with Gasteiger partial charge in [-0.1, -0.05) is 67.9 Å². The van der Waals surface area contributed by atoms with E-state index in [1.807, 2.05) is 0 Å². The number of amides is 11. The predicted molar refractivity (Wildman–Crippen MR) is 316 cm³/mol. The zero-order valence-electron chi connectivity index (χ0n) is 48.6. The van der Waals surface area contributed by atoms with Gasteiger partial charge in [-0.05, 0) is 116 Å². The molecule has 0 saturated heterocycles. The van der Waals surface area contributed by atoms with Gasteiger partial charge < -0.3 is 107 Å². The molecule has 30 nitrogen and oxygen atoms in total. The summed E-state index contributed by atoms with van der Waals surface area (Å²) < 4.78 is 0. The highest BCUT2D eigenvalue weighted by atomic mass is 35.5. The van der Waals surface area contributed by atoms with Crippen molar-refractivity contribution in [3.05, 3.63) is 65.2 Å². The number of nitrogens with two attached hydrogens (primary N) is 5. The van der Waals surface area contributed by atoms with Gasteiger partial charge in [0.1, 0.15) is 54.6 Å². The third kappa shape index (κ3) is 25.8. The third-order valence-corrected chi connectivity index (χ3v) is 13.5. The van der Waals surface area contributed by atoms with E-state index in [0.717, 1.165) is 0 Å². The van der Waals surface area contributed by atoms with Gasteiger partial charge in [0.05, 0.1) is 35.0 Å². The Balaban J connectivity index is 2.53. The molecule has 0 aliphatic carbocycles. The SMILES string of the molecule is CN[C@@H](CCN)C(=O)N[C@@H](CCN)C(=O)N[C@H](C(=O)NCC[C@H](NC(=O)[C@H](CCN)NC(=O)[C@@H](NC(=O)[C@H](CCN)NC(=O)Nc1ccccc1Cl)[C@@H](C)O)C(=O)N[C@@H](CCN)C(=O)N[C@H](Cc1ccccc1)C(=O)NC(C=O)C(C)C)[C@@H](C)O. The van der Waals surface area contributed by atoms with E-state index in [1.54, 1.807) is 56.3 Å². The zero-order valence-corrected chi connectivity index (χ0v) is 49.4. The number of hydrogen-bond acceptors (Lipinski definition) is 19. The molecule has 1 unspecified atom stereocenters. The van der Waals surface area contributed by atoms with Crippen molar-refractivity contribution < 1.29 is 63.0 Å². The number of hydrogen-bond donors (Lipinski definition) is 19. The molecule has 0 aliphatic rings. The molecule has 0 aromatic heterocycles. The molecule has 0 spiro atoms. The fourth-order valence-corrected chi connectivity index (χ4v) is 8.45. The van der Waals surface area contributed by atoms with Crippen LogP contribution in [-0.4, -0.2) is 195 Å². The summed E-state index contributed by atoms with van der Waals surface area (Å²) in [7, 11) is 1.52. The second-order valence-electron chi connectivity index (χ2n) is 20.3. The van der Waals surface area contributed by atoms with E-state index in [-0.39, 0.29) is 87.9 Å². The van der Waals surface area contributed by atoms with Crippen molar-refractivity contribution in [2.45, 2.75) is 145 Å². The fourth-order valence-electron chi connectivity index (χ4n) is 8.26. The number of anilines is 1. The Bertz CT molecular complexity index is 2500. The second-order valence-corrected chi connectivity index (χ2v) is 20.7. The second kappa shape index (κ2) is 39.2. The van der Waals surface area contributed by atoms with Crippen LogP contribution in [0.4, 0.5) is 10.5 Å². The molecule has 11 amide bonds. The molecule has 31 heteroatoms. The van der Waals surface area contributed by atoms with E-state index < -0.39 is 145 Å². The van der Waals surface area contributed by atoms with Gasteiger partial charge in [0.15, 0.2) is 0 Å². The van der Waals surface area contributed by atoms with Crippen LogP contribution < -0.4 is 92.5 Å². The number of halogens is 1. The van der Waals surface area contributed by atoms with Crippen molar-refractivity contribution in [2.24, 2.45) is 34.6 Å². The monoisotopic (exact) mass is 1220 g/mol. The van der Waals surface area contributed by atoms with Gasteiger partial charge >= 0.3 is 6.03 Å². The van der Waals surface area contributed by atoms with Gasteiger partial charge in [0, 0.05) is 13.0 Å². The number of benzene rings is 2. The van der Waals surface area contributed by atoms with Gasteiger partial charge in [0.25, 0.3) is 0 Å². The van der Waals surface area contributed by atoms with Gasteiger partial charge in [-0.3, -0.25) is 43.2 Å². The largest absolute Gasteiger partial charge is 0.391 e. The Kier molecular flexibility index (Phi) is 34.0. The van der Waals surface area contributed by atoms with E-state index in [2.05, 4.69) is 63.8 Å². The average molecular weight is 1220 g/mol. The first-order chi connectivity index (χ1) is 40.4. The van der Waals surface area contributed by atoms with Gasteiger partial charge in [-0.15, -0.1) is 0 Å². The van der Waals surface area contributed by atoms with Crippen molar-refractivity contribution in [1.29, 1.82) is 0 Å². The van der Waals surface area contributed by atoms with E-state index in [0.29, 0.717) is 11.8 Å². The standard InChI is InChI=1S/C54H88ClN17O13/c1-29(2)42(28-73)68-51(82)41(27-32-11-7-6-8-12-32)67-47(78)36(16-22-57)64-48(79)40(20-26-62-52(83)43(30(3)74)71-49(80)38(18-24-59)63-45(76)35(61-5)15-21-56)65-46(77)37(17-23-58)66-53(84)44(31(4)75)72-50(81)39(19-25-60)70-54(85)69-34-14-10-9-13-33(34)55/h6-14,28-31,35-44,61,74-75H,15-27,56-60H2,1-5H3,(H,62,83)(H,63,76)(H,64,79)(H,65,77)(H,66,84)(H,67,78)(H,68,82)(H,71,80)(H,72,81)(H2,69,70,85)/t30-,31-,35+,36+,37+,38+,39+,40+,41-,42?,43+,44+/m1/s1. The molecule has 0 aliphatic heterocycles. The van der Waals surface area contributed by atoms with Crippen molar-refractivity contribution in [1.82, 2.24) is 58.5 Å². The van der Waals surface area contributed by atoms with Crippen LogP contribution in [0.2, 0.25) is 5.02 Å². The summed E-state index contributed by atoms with van der Waals surface area (Å²) in [4.78, 5) is 149. The summed E-state index contributed by atoms with van der Waals surface area (Å²) in [6, 6.07) is 0.213. The number of aliphatic hydroxyl groups excluding tert-OH is 2. The first-order valence-corrected chi connectivity index (χ1v) is 28.3. The van der Waals surface area contributed by atoms with Crippen LogP contribution in [0.5, 0.6) is 0 Å². The normalized spacial score (nSPS) is 15.4. The lowest BCUT2D eigenvalue weighted by Crippen LogP contribution is -2.62. The molecule has 2 aromatic carbocycles. The number of para-hydroxylation sites is 1. The number of nitrogens with one attached hydrogen (secondary N) is 12. The molecule has 0 saturated carbocycles. The first-order valence-electron chi connectivity index (χ1n) is 28.0. The third-order valence-electron chi connectivity index (χ3n) is 13.2. The predicted octanol–water partition coefficient (Wildman–Crippen LogP) is -5.59. The van der Waals surface area contributed by atoms with Crippen LogP contribution in [0, 0.1) is 5.92 Å². The fraction of sp³-hybridized carbons (Fsp3) is 0.574. The summed E-state index contributed by atoms with van der Waals surface area (Å²) >= 11 is 6.16. The molecule has 0 bridgehead atoms. The number of aliphatic hydroxyl groups is 2. The highest BCUT2D eigenvalue weighted by Gasteiger charge is 2.36. The number of carbonyl (C=O) groups excluding carboxylic acids is 11. The van der Waals surface area contributed by atoms with Gasteiger partial charge in [-0.25, -0.2) is 4.79 Å². The minimum atomic E-state index is -1.77. The Labute approximate surface area is 499 Å². The Hall–Kier alpha value is -7.42. The van der Waals surface area contributed by atoms with Crippen LogP contribution >= 0.6 is 11.6 Å². The lowest BCUT2D eigenvalue weighted by molar-refractivity contribution is -0.136. The average Bonchev–Trinajstić information content (AvgIpc) is 3.64. The summed E-state index contributed by atoms with van der Waals surface area (Å²) in [5, 5.41) is 52.0. The summed E-state index contributed by atoms with van der Waals surface area (Å²) in [6.45, 7) is 4.82. The number of carbonyl (C=O) groups is 11. The summed E-state index contributed by atoms with van der Waals surface area (Å²) in [5.41, 5.74) is 29.8.